The fourth-order valence-corrected chi connectivity index (χ4v) is 6.22. The highest BCUT2D eigenvalue weighted by molar-refractivity contribution is 5.53. The molecule has 0 spiro atoms. The standard InChI is InChI=1S/C23H30F2O/c24-22-11-21(12-23(25)13-22)20-8-7-18-9-17(5-6-19(18)10-20)16-3-1-15(14-26)2-4-16/h11-20H,1-10H2. The molecule has 0 bridgehead atoms. The van der Waals surface area contributed by atoms with Crippen LogP contribution in [0, 0.1) is 41.2 Å². The van der Waals surface area contributed by atoms with E-state index in [9.17, 15) is 13.6 Å². The highest BCUT2D eigenvalue weighted by atomic mass is 19.1. The summed E-state index contributed by atoms with van der Waals surface area (Å²) in [7, 11) is 0. The van der Waals surface area contributed by atoms with Gasteiger partial charge in [-0.1, -0.05) is 0 Å². The normalized spacial score (nSPS) is 37.8. The van der Waals surface area contributed by atoms with Crippen molar-refractivity contribution in [2.75, 3.05) is 0 Å². The number of hydrogen-bond acceptors (Lipinski definition) is 1. The molecule has 0 N–H and O–H groups in total. The maximum absolute atomic E-state index is 13.6. The van der Waals surface area contributed by atoms with Crippen LogP contribution < -0.4 is 0 Å². The van der Waals surface area contributed by atoms with Gasteiger partial charge in [0.05, 0.1) is 0 Å². The number of fused-ring (bicyclic) bond motifs is 1. The Bertz CT molecular complexity index is 615. The van der Waals surface area contributed by atoms with Crippen molar-refractivity contribution in [1.82, 2.24) is 0 Å². The van der Waals surface area contributed by atoms with Gasteiger partial charge in [0.25, 0.3) is 0 Å². The van der Waals surface area contributed by atoms with Gasteiger partial charge in [-0.2, -0.15) is 0 Å². The lowest BCUT2D eigenvalue weighted by molar-refractivity contribution is -0.112. The van der Waals surface area contributed by atoms with Crippen molar-refractivity contribution in [1.29, 1.82) is 0 Å². The maximum atomic E-state index is 13.6. The van der Waals surface area contributed by atoms with Gasteiger partial charge < -0.3 is 4.79 Å². The van der Waals surface area contributed by atoms with Crippen molar-refractivity contribution in [2.24, 2.45) is 29.6 Å². The third-order valence-electron chi connectivity index (χ3n) is 7.69. The number of carbonyl (C=O) groups is 1. The number of benzene rings is 1. The van der Waals surface area contributed by atoms with Gasteiger partial charge in [-0.15, -0.1) is 0 Å². The summed E-state index contributed by atoms with van der Waals surface area (Å²) < 4.78 is 27.1. The van der Waals surface area contributed by atoms with Crippen LogP contribution in [0.15, 0.2) is 18.2 Å². The van der Waals surface area contributed by atoms with E-state index in [0.29, 0.717) is 11.8 Å². The van der Waals surface area contributed by atoms with E-state index in [1.165, 1.54) is 50.7 Å². The molecule has 0 aromatic heterocycles. The zero-order chi connectivity index (χ0) is 18.1. The Balaban J connectivity index is 1.35. The fraction of sp³-hybridized carbons (Fsp3) is 0.696. The van der Waals surface area contributed by atoms with Crippen molar-refractivity contribution in [3.8, 4) is 0 Å². The predicted octanol–water partition coefficient (Wildman–Crippen LogP) is 6.27. The first-order valence-corrected chi connectivity index (χ1v) is 10.5. The Morgan fingerprint density at radius 1 is 0.692 bits per heavy atom. The molecule has 3 aliphatic rings. The van der Waals surface area contributed by atoms with Crippen LogP contribution in [-0.2, 0) is 4.79 Å². The molecule has 0 amide bonds. The van der Waals surface area contributed by atoms with Crippen molar-refractivity contribution in [2.45, 2.75) is 70.1 Å². The topological polar surface area (TPSA) is 17.1 Å². The summed E-state index contributed by atoms with van der Waals surface area (Å²) in [5.41, 5.74) is 0.857. The van der Waals surface area contributed by atoms with Crippen LogP contribution in [0.25, 0.3) is 0 Å². The van der Waals surface area contributed by atoms with Crippen molar-refractivity contribution >= 4 is 6.29 Å². The maximum Gasteiger partial charge on any atom is 0.126 e. The van der Waals surface area contributed by atoms with Gasteiger partial charge in [0, 0.05) is 12.0 Å². The van der Waals surface area contributed by atoms with Crippen molar-refractivity contribution in [3.63, 3.8) is 0 Å². The van der Waals surface area contributed by atoms with E-state index in [4.69, 9.17) is 0 Å². The van der Waals surface area contributed by atoms with E-state index in [-0.39, 0.29) is 0 Å². The van der Waals surface area contributed by atoms with Gasteiger partial charge in [0.15, 0.2) is 0 Å². The minimum atomic E-state index is -0.447. The van der Waals surface area contributed by atoms with E-state index < -0.39 is 11.6 Å². The molecule has 3 aliphatic carbocycles. The molecule has 0 radical (unpaired) electrons. The monoisotopic (exact) mass is 360 g/mol. The first kappa shape index (κ1) is 18.1. The summed E-state index contributed by atoms with van der Waals surface area (Å²) in [5.74, 6) is 2.92. The summed E-state index contributed by atoms with van der Waals surface area (Å²) in [4.78, 5) is 11.0. The molecule has 26 heavy (non-hydrogen) atoms. The third kappa shape index (κ3) is 3.87. The van der Waals surface area contributed by atoms with Gasteiger partial charge in [-0.05, 0) is 111 Å². The van der Waals surface area contributed by atoms with Crippen LogP contribution in [0.4, 0.5) is 8.78 Å². The van der Waals surface area contributed by atoms with Crippen LogP contribution in [0.1, 0.15) is 75.7 Å². The third-order valence-corrected chi connectivity index (χ3v) is 7.69. The lowest BCUT2D eigenvalue weighted by Gasteiger charge is -2.45. The van der Waals surface area contributed by atoms with E-state index in [2.05, 4.69) is 0 Å². The minimum Gasteiger partial charge on any atom is -0.303 e. The molecule has 4 rings (SSSR count). The highest BCUT2D eigenvalue weighted by Crippen LogP contribution is 2.50. The highest BCUT2D eigenvalue weighted by Gasteiger charge is 2.39. The lowest BCUT2D eigenvalue weighted by atomic mass is 9.60. The van der Waals surface area contributed by atoms with Crippen LogP contribution >= 0.6 is 0 Å². The zero-order valence-electron chi connectivity index (χ0n) is 15.5. The number of hydrogen-bond donors (Lipinski definition) is 0. The largest absolute Gasteiger partial charge is 0.303 e. The van der Waals surface area contributed by atoms with E-state index >= 15 is 0 Å². The van der Waals surface area contributed by atoms with E-state index in [1.54, 1.807) is 0 Å². The molecule has 3 fully saturated rings. The van der Waals surface area contributed by atoms with Crippen LogP contribution in [-0.4, -0.2) is 6.29 Å². The van der Waals surface area contributed by atoms with Crippen molar-refractivity contribution < 1.29 is 13.6 Å². The Labute approximate surface area is 155 Å². The quantitative estimate of drug-likeness (QED) is 0.581. The van der Waals surface area contributed by atoms with Crippen LogP contribution in [0.2, 0.25) is 0 Å². The number of halogens is 2. The number of rotatable bonds is 3. The fourth-order valence-electron chi connectivity index (χ4n) is 6.22. The lowest BCUT2D eigenvalue weighted by Crippen LogP contribution is -2.34. The number of aldehydes is 1. The van der Waals surface area contributed by atoms with E-state index in [1.807, 2.05) is 0 Å². The van der Waals surface area contributed by atoms with Gasteiger partial charge in [-0.25, -0.2) is 8.78 Å². The Morgan fingerprint density at radius 2 is 1.23 bits per heavy atom. The molecule has 0 heterocycles. The summed E-state index contributed by atoms with van der Waals surface area (Å²) in [6.07, 6.45) is 13.1. The van der Waals surface area contributed by atoms with Crippen LogP contribution in [0.3, 0.4) is 0 Å². The average Bonchev–Trinajstić information content (AvgIpc) is 2.66. The molecule has 0 aliphatic heterocycles. The molecule has 1 aromatic carbocycles. The van der Waals surface area contributed by atoms with Crippen molar-refractivity contribution in [3.05, 3.63) is 35.4 Å². The molecular weight excluding hydrogens is 330 g/mol. The smallest absolute Gasteiger partial charge is 0.126 e. The van der Waals surface area contributed by atoms with Crippen LogP contribution in [0.5, 0.6) is 0 Å². The van der Waals surface area contributed by atoms with Gasteiger partial charge in [0.1, 0.15) is 17.9 Å². The Hall–Kier alpha value is -1.25. The second-order valence-corrected chi connectivity index (χ2v) is 9.12. The molecule has 1 nitrogen and oxygen atoms in total. The minimum absolute atomic E-state index is 0.310. The first-order chi connectivity index (χ1) is 12.6. The molecule has 4 atom stereocenters. The molecule has 0 saturated heterocycles. The number of carbonyl (C=O) groups excluding carboxylic acids is 1. The second kappa shape index (κ2) is 7.78. The van der Waals surface area contributed by atoms with Gasteiger partial charge >= 0.3 is 0 Å². The average molecular weight is 360 g/mol. The molecular formula is C23H30F2O. The summed E-state index contributed by atoms with van der Waals surface area (Å²) in [6, 6.07) is 4.04. The Kier molecular flexibility index (Phi) is 5.42. The zero-order valence-corrected chi connectivity index (χ0v) is 15.5. The van der Waals surface area contributed by atoms with E-state index in [0.717, 1.165) is 67.3 Å². The first-order valence-electron chi connectivity index (χ1n) is 10.5. The summed E-state index contributed by atoms with van der Waals surface area (Å²) in [5, 5.41) is 0. The molecule has 4 unspecified atom stereocenters. The molecule has 3 heteroatoms. The van der Waals surface area contributed by atoms with Gasteiger partial charge in [0.2, 0.25) is 0 Å². The molecule has 142 valence electrons. The Morgan fingerprint density at radius 3 is 1.88 bits per heavy atom. The summed E-state index contributed by atoms with van der Waals surface area (Å²) in [6.45, 7) is 0. The molecule has 3 saturated carbocycles. The van der Waals surface area contributed by atoms with Gasteiger partial charge in [-0.3, -0.25) is 0 Å². The SMILES string of the molecule is O=CC1CCC(C2CCC3CC(c4cc(F)cc(F)c4)CCC3C2)CC1. The second-order valence-electron chi connectivity index (χ2n) is 9.12. The summed E-state index contributed by atoms with van der Waals surface area (Å²) >= 11 is 0. The predicted molar refractivity (Wildman–Crippen MR) is 98.8 cm³/mol. The molecule has 1 aromatic rings.